The molecule has 0 saturated heterocycles. The average Bonchev–Trinajstić information content (AvgIpc) is 2.43. The summed E-state index contributed by atoms with van der Waals surface area (Å²) in [5.41, 5.74) is 8.22. The molecule has 0 spiro atoms. The number of nitrogens with one attached hydrogen (secondary N) is 1. The van der Waals surface area contributed by atoms with Crippen LogP contribution in [0.3, 0.4) is 0 Å². The number of carbonyl (C=O) groups excluding carboxylic acids is 1. The van der Waals surface area contributed by atoms with E-state index in [0.29, 0.717) is 28.5 Å². The SMILES string of the molecule is Cc1cccc(Cl)c1NC(=O)c1ccnc(CN)c1. The van der Waals surface area contributed by atoms with Gasteiger partial charge in [-0.05, 0) is 30.7 Å². The maximum absolute atomic E-state index is 12.1. The van der Waals surface area contributed by atoms with Gasteiger partial charge in [-0.1, -0.05) is 23.7 Å². The Morgan fingerprint density at radius 3 is 2.89 bits per heavy atom. The molecule has 5 heteroatoms. The van der Waals surface area contributed by atoms with Gasteiger partial charge in [0.15, 0.2) is 0 Å². The second-order valence-corrected chi connectivity index (χ2v) is 4.53. The van der Waals surface area contributed by atoms with Crippen LogP contribution in [0.15, 0.2) is 36.5 Å². The van der Waals surface area contributed by atoms with Gasteiger partial charge in [-0.15, -0.1) is 0 Å². The van der Waals surface area contributed by atoms with Gasteiger partial charge < -0.3 is 11.1 Å². The molecule has 3 N–H and O–H groups in total. The molecule has 2 rings (SSSR count). The summed E-state index contributed by atoms with van der Waals surface area (Å²) < 4.78 is 0. The molecular formula is C14H14ClN3O. The number of benzene rings is 1. The van der Waals surface area contributed by atoms with E-state index in [-0.39, 0.29) is 5.91 Å². The van der Waals surface area contributed by atoms with E-state index in [2.05, 4.69) is 10.3 Å². The Balaban J connectivity index is 2.25. The first-order chi connectivity index (χ1) is 9.11. The number of aryl methyl sites for hydroxylation is 1. The molecule has 0 fully saturated rings. The summed E-state index contributed by atoms with van der Waals surface area (Å²) in [5.74, 6) is -0.228. The number of aromatic nitrogens is 1. The van der Waals surface area contributed by atoms with Crippen LogP contribution >= 0.6 is 11.6 Å². The highest BCUT2D eigenvalue weighted by molar-refractivity contribution is 6.34. The summed E-state index contributed by atoms with van der Waals surface area (Å²) >= 11 is 6.07. The van der Waals surface area contributed by atoms with E-state index in [1.807, 2.05) is 19.1 Å². The Morgan fingerprint density at radius 1 is 1.42 bits per heavy atom. The van der Waals surface area contributed by atoms with Gasteiger partial charge in [0.25, 0.3) is 5.91 Å². The van der Waals surface area contributed by atoms with Crippen LogP contribution in [-0.2, 0) is 6.54 Å². The number of hydrogen-bond acceptors (Lipinski definition) is 3. The van der Waals surface area contributed by atoms with Crippen LogP contribution in [0.4, 0.5) is 5.69 Å². The molecule has 19 heavy (non-hydrogen) atoms. The largest absolute Gasteiger partial charge is 0.325 e. The second kappa shape index (κ2) is 5.82. The Labute approximate surface area is 116 Å². The van der Waals surface area contributed by atoms with Gasteiger partial charge in [0.05, 0.1) is 16.4 Å². The zero-order valence-corrected chi connectivity index (χ0v) is 11.2. The van der Waals surface area contributed by atoms with Crippen molar-refractivity contribution in [2.24, 2.45) is 5.73 Å². The molecule has 4 nitrogen and oxygen atoms in total. The molecule has 0 unspecified atom stereocenters. The van der Waals surface area contributed by atoms with Crippen molar-refractivity contribution in [3.8, 4) is 0 Å². The number of para-hydroxylation sites is 1. The minimum Gasteiger partial charge on any atom is -0.325 e. The molecule has 1 amide bonds. The molecule has 2 aromatic rings. The van der Waals surface area contributed by atoms with Crippen molar-refractivity contribution in [1.29, 1.82) is 0 Å². The zero-order valence-electron chi connectivity index (χ0n) is 10.5. The summed E-state index contributed by atoms with van der Waals surface area (Å²) in [7, 11) is 0. The van der Waals surface area contributed by atoms with E-state index in [0.717, 1.165) is 5.56 Å². The lowest BCUT2D eigenvalue weighted by Gasteiger charge is -2.10. The predicted molar refractivity (Wildman–Crippen MR) is 76.3 cm³/mol. The normalized spacial score (nSPS) is 10.3. The Hall–Kier alpha value is -1.91. The van der Waals surface area contributed by atoms with Crippen molar-refractivity contribution in [2.75, 3.05) is 5.32 Å². The minimum absolute atomic E-state index is 0.228. The molecule has 0 bridgehead atoms. The standard InChI is InChI=1S/C14H14ClN3O/c1-9-3-2-4-12(15)13(9)18-14(19)10-5-6-17-11(7-10)8-16/h2-7H,8,16H2,1H3,(H,18,19). The van der Waals surface area contributed by atoms with E-state index in [4.69, 9.17) is 17.3 Å². The summed E-state index contributed by atoms with van der Waals surface area (Å²) in [6.45, 7) is 2.19. The fourth-order valence-corrected chi connectivity index (χ4v) is 1.98. The Bertz CT molecular complexity index is 593. The number of pyridine rings is 1. The van der Waals surface area contributed by atoms with Gasteiger partial charge in [-0.2, -0.15) is 0 Å². The fourth-order valence-electron chi connectivity index (χ4n) is 1.71. The van der Waals surface area contributed by atoms with Crippen molar-refractivity contribution in [2.45, 2.75) is 13.5 Å². The smallest absolute Gasteiger partial charge is 0.255 e. The lowest BCUT2D eigenvalue weighted by Crippen LogP contribution is -2.14. The second-order valence-electron chi connectivity index (χ2n) is 4.13. The van der Waals surface area contributed by atoms with Crippen molar-refractivity contribution >= 4 is 23.2 Å². The highest BCUT2D eigenvalue weighted by Gasteiger charge is 2.10. The molecule has 1 heterocycles. The number of halogens is 1. The fraction of sp³-hybridized carbons (Fsp3) is 0.143. The highest BCUT2D eigenvalue weighted by atomic mass is 35.5. The molecule has 0 saturated carbocycles. The summed E-state index contributed by atoms with van der Waals surface area (Å²) in [6.07, 6.45) is 1.57. The van der Waals surface area contributed by atoms with Crippen LogP contribution in [0, 0.1) is 6.92 Å². The van der Waals surface area contributed by atoms with Crippen LogP contribution < -0.4 is 11.1 Å². The summed E-state index contributed by atoms with van der Waals surface area (Å²) in [4.78, 5) is 16.2. The van der Waals surface area contributed by atoms with Gasteiger partial charge in [-0.25, -0.2) is 0 Å². The molecule has 1 aromatic heterocycles. The van der Waals surface area contributed by atoms with Gasteiger partial charge >= 0.3 is 0 Å². The van der Waals surface area contributed by atoms with E-state index in [1.54, 1.807) is 24.4 Å². The first-order valence-electron chi connectivity index (χ1n) is 5.83. The van der Waals surface area contributed by atoms with Crippen molar-refractivity contribution in [3.63, 3.8) is 0 Å². The quantitative estimate of drug-likeness (QED) is 0.905. The maximum Gasteiger partial charge on any atom is 0.255 e. The third kappa shape index (κ3) is 3.10. The van der Waals surface area contributed by atoms with Gasteiger partial charge in [-0.3, -0.25) is 9.78 Å². The predicted octanol–water partition coefficient (Wildman–Crippen LogP) is 2.75. The Morgan fingerprint density at radius 2 is 2.21 bits per heavy atom. The monoisotopic (exact) mass is 275 g/mol. The molecule has 0 aliphatic heterocycles. The van der Waals surface area contributed by atoms with Crippen LogP contribution in [0.2, 0.25) is 5.02 Å². The van der Waals surface area contributed by atoms with Crippen LogP contribution in [-0.4, -0.2) is 10.9 Å². The van der Waals surface area contributed by atoms with Crippen LogP contribution in [0.5, 0.6) is 0 Å². The highest BCUT2D eigenvalue weighted by Crippen LogP contribution is 2.25. The van der Waals surface area contributed by atoms with Crippen molar-refractivity contribution in [3.05, 3.63) is 58.4 Å². The number of hydrogen-bond donors (Lipinski definition) is 2. The number of anilines is 1. The third-order valence-corrected chi connectivity index (χ3v) is 3.06. The van der Waals surface area contributed by atoms with Gasteiger partial charge in [0.1, 0.15) is 0 Å². The topological polar surface area (TPSA) is 68.0 Å². The maximum atomic E-state index is 12.1. The molecule has 0 atom stereocenters. The first-order valence-corrected chi connectivity index (χ1v) is 6.21. The van der Waals surface area contributed by atoms with E-state index in [1.165, 1.54) is 0 Å². The number of amides is 1. The Kier molecular flexibility index (Phi) is 4.14. The van der Waals surface area contributed by atoms with Crippen molar-refractivity contribution < 1.29 is 4.79 Å². The molecule has 98 valence electrons. The van der Waals surface area contributed by atoms with Gasteiger partial charge in [0.2, 0.25) is 0 Å². The first kappa shape index (κ1) is 13.5. The average molecular weight is 276 g/mol. The van der Waals surface area contributed by atoms with E-state index in [9.17, 15) is 4.79 Å². The van der Waals surface area contributed by atoms with Crippen molar-refractivity contribution in [1.82, 2.24) is 4.98 Å². The van der Waals surface area contributed by atoms with Crippen LogP contribution in [0.25, 0.3) is 0 Å². The van der Waals surface area contributed by atoms with E-state index < -0.39 is 0 Å². The summed E-state index contributed by atoms with van der Waals surface area (Å²) in [5, 5.41) is 3.32. The molecule has 1 aromatic carbocycles. The molecular weight excluding hydrogens is 262 g/mol. The lowest BCUT2D eigenvalue weighted by molar-refractivity contribution is 0.102. The number of nitrogens with two attached hydrogens (primary N) is 1. The van der Waals surface area contributed by atoms with E-state index >= 15 is 0 Å². The molecule has 0 aliphatic rings. The third-order valence-electron chi connectivity index (χ3n) is 2.75. The lowest BCUT2D eigenvalue weighted by atomic mass is 10.1. The van der Waals surface area contributed by atoms with Gasteiger partial charge in [0, 0.05) is 18.3 Å². The van der Waals surface area contributed by atoms with Crippen LogP contribution in [0.1, 0.15) is 21.6 Å². The summed E-state index contributed by atoms with van der Waals surface area (Å²) in [6, 6.07) is 8.77. The number of nitrogens with zero attached hydrogens (tertiary/aromatic N) is 1. The zero-order chi connectivity index (χ0) is 13.8. The number of carbonyl (C=O) groups is 1. The molecule has 0 radical (unpaired) electrons. The number of rotatable bonds is 3. The minimum atomic E-state index is -0.228. The molecule has 0 aliphatic carbocycles.